The third-order valence-corrected chi connectivity index (χ3v) is 6.12. The van der Waals surface area contributed by atoms with E-state index in [1.54, 1.807) is 30.1 Å². The molecule has 0 aliphatic rings. The number of anilines is 1. The molecule has 0 amide bonds. The van der Waals surface area contributed by atoms with Crippen molar-refractivity contribution in [2.45, 2.75) is 25.5 Å². The molecule has 4 heterocycles. The van der Waals surface area contributed by atoms with Crippen LogP contribution in [0, 0.1) is 0 Å². The fourth-order valence-electron chi connectivity index (χ4n) is 4.08. The molecule has 1 unspecified atom stereocenters. The van der Waals surface area contributed by atoms with E-state index >= 15 is 0 Å². The summed E-state index contributed by atoms with van der Waals surface area (Å²) in [6, 6.07) is 13.0. The van der Waals surface area contributed by atoms with Crippen LogP contribution in [-0.4, -0.2) is 47.9 Å². The molecule has 0 aliphatic carbocycles. The number of esters is 1. The summed E-state index contributed by atoms with van der Waals surface area (Å²) in [4.78, 5) is 27.9. The van der Waals surface area contributed by atoms with Crippen LogP contribution in [0.1, 0.15) is 24.6 Å². The van der Waals surface area contributed by atoms with Crippen molar-refractivity contribution in [1.29, 1.82) is 0 Å². The van der Waals surface area contributed by atoms with E-state index in [9.17, 15) is 9.90 Å². The second-order valence-corrected chi connectivity index (χ2v) is 8.58. The number of ether oxygens (including phenoxy) is 1. The highest BCUT2D eigenvalue weighted by Gasteiger charge is 2.28. The van der Waals surface area contributed by atoms with Gasteiger partial charge in [0.1, 0.15) is 11.2 Å². The lowest BCUT2D eigenvalue weighted by atomic mass is 9.91. The number of pyridine rings is 1. The first-order chi connectivity index (χ1) is 17.3. The van der Waals surface area contributed by atoms with Gasteiger partial charge in [-0.2, -0.15) is 5.10 Å². The maximum absolute atomic E-state index is 11.4. The van der Waals surface area contributed by atoms with E-state index in [0.29, 0.717) is 29.1 Å². The van der Waals surface area contributed by atoms with Gasteiger partial charge < -0.3 is 20.6 Å². The molecular weight excluding hydrogens is 458 g/mol. The minimum absolute atomic E-state index is 0.0593. The molecule has 0 aliphatic heterocycles. The van der Waals surface area contributed by atoms with Crippen LogP contribution in [-0.2, 0) is 21.7 Å². The van der Waals surface area contributed by atoms with Crippen LogP contribution < -0.4 is 5.73 Å². The standard InChI is InChI=1S/C26H25N7O3/c1-26(35,18-6-4-3-5-7-18)22-11-21(31-25(27)32-22)20-14-29-24-19(20)10-16(12-28-24)17-13-30-33(15-17)9-8-23(34)36-2/h3-7,10-15,35H,8-9H2,1-2H3,(H,28,29)(H2,27,31,32). The highest BCUT2D eigenvalue weighted by Crippen LogP contribution is 2.34. The number of aromatic amines is 1. The largest absolute Gasteiger partial charge is 0.469 e. The number of H-pyrrole nitrogens is 1. The number of carbonyl (C=O) groups excluding carboxylic acids is 1. The molecule has 0 saturated carbocycles. The number of hydrogen-bond donors (Lipinski definition) is 3. The number of nitrogens with one attached hydrogen (secondary N) is 1. The lowest BCUT2D eigenvalue weighted by Gasteiger charge is -2.24. The van der Waals surface area contributed by atoms with E-state index < -0.39 is 5.60 Å². The second-order valence-electron chi connectivity index (χ2n) is 8.58. The van der Waals surface area contributed by atoms with Crippen molar-refractivity contribution in [1.82, 2.24) is 29.7 Å². The number of methoxy groups -OCH3 is 1. The number of aromatic nitrogens is 6. The normalized spacial score (nSPS) is 13.0. The fourth-order valence-corrected chi connectivity index (χ4v) is 4.08. The van der Waals surface area contributed by atoms with Crippen LogP contribution in [0.15, 0.2) is 67.3 Å². The molecule has 0 saturated heterocycles. The van der Waals surface area contributed by atoms with Gasteiger partial charge in [-0.15, -0.1) is 0 Å². The lowest BCUT2D eigenvalue weighted by Crippen LogP contribution is -2.25. The molecule has 4 N–H and O–H groups in total. The topological polar surface area (TPSA) is 145 Å². The average Bonchev–Trinajstić information content (AvgIpc) is 3.54. The Morgan fingerprint density at radius 3 is 2.75 bits per heavy atom. The Balaban J connectivity index is 1.51. The first-order valence-electron chi connectivity index (χ1n) is 11.3. The van der Waals surface area contributed by atoms with Gasteiger partial charge in [0.2, 0.25) is 5.95 Å². The van der Waals surface area contributed by atoms with Crippen molar-refractivity contribution in [2.75, 3.05) is 12.8 Å². The van der Waals surface area contributed by atoms with E-state index in [-0.39, 0.29) is 18.3 Å². The number of benzene rings is 1. The maximum atomic E-state index is 11.4. The van der Waals surface area contributed by atoms with Crippen molar-refractivity contribution in [2.24, 2.45) is 0 Å². The first-order valence-corrected chi connectivity index (χ1v) is 11.3. The van der Waals surface area contributed by atoms with Crippen LogP contribution in [0.4, 0.5) is 5.95 Å². The Morgan fingerprint density at radius 1 is 1.17 bits per heavy atom. The van der Waals surface area contributed by atoms with Gasteiger partial charge in [0.25, 0.3) is 0 Å². The summed E-state index contributed by atoms with van der Waals surface area (Å²) in [7, 11) is 1.36. The van der Waals surface area contributed by atoms with E-state index in [1.807, 2.05) is 48.8 Å². The molecule has 10 heteroatoms. The van der Waals surface area contributed by atoms with E-state index in [2.05, 4.69) is 25.0 Å². The third-order valence-electron chi connectivity index (χ3n) is 6.12. The molecule has 36 heavy (non-hydrogen) atoms. The monoisotopic (exact) mass is 483 g/mol. The zero-order chi connectivity index (χ0) is 25.3. The summed E-state index contributed by atoms with van der Waals surface area (Å²) >= 11 is 0. The van der Waals surface area contributed by atoms with E-state index in [1.165, 1.54) is 7.11 Å². The van der Waals surface area contributed by atoms with Crippen molar-refractivity contribution in [3.8, 4) is 22.4 Å². The minimum atomic E-state index is -1.36. The molecule has 1 aromatic carbocycles. The molecule has 10 nitrogen and oxygen atoms in total. The second kappa shape index (κ2) is 9.23. The number of hydrogen-bond acceptors (Lipinski definition) is 8. The Hall–Kier alpha value is -4.57. The average molecular weight is 484 g/mol. The molecular formula is C26H25N7O3. The molecule has 1 atom stereocenters. The number of nitrogens with zero attached hydrogens (tertiary/aromatic N) is 5. The molecule has 0 bridgehead atoms. The summed E-state index contributed by atoms with van der Waals surface area (Å²) in [6.45, 7) is 2.10. The highest BCUT2D eigenvalue weighted by atomic mass is 16.5. The van der Waals surface area contributed by atoms with Gasteiger partial charge in [-0.05, 0) is 24.6 Å². The number of rotatable bonds is 7. The predicted molar refractivity (Wildman–Crippen MR) is 135 cm³/mol. The van der Waals surface area contributed by atoms with E-state index in [0.717, 1.165) is 22.1 Å². The summed E-state index contributed by atoms with van der Waals surface area (Å²) in [6.07, 6.45) is 7.38. The zero-order valence-corrected chi connectivity index (χ0v) is 19.8. The van der Waals surface area contributed by atoms with Gasteiger partial charge in [0.15, 0.2) is 0 Å². The number of carbonyl (C=O) groups is 1. The SMILES string of the molecule is COC(=O)CCn1cc(-c2cnc3[nH]cc(-c4cc(C(C)(O)c5ccccc5)nc(N)n4)c3c2)cn1. The number of aliphatic hydroxyl groups is 1. The van der Waals surface area contributed by atoms with Gasteiger partial charge in [0, 0.05) is 40.7 Å². The van der Waals surface area contributed by atoms with Gasteiger partial charge in [-0.25, -0.2) is 15.0 Å². The van der Waals surface area contributed by atoms with Crippen LogP contribution in [0.3, 0.4) is 0 Å². The molecule has 0 radical (unpaired) electrons. The highest BCUT2D eigenvalue weighted by molar-refractivity contribution is 5.95. The molecule has 4 aromatic heterocycles. The molecule has 5 aromatic rings. The lowest BCUT2D eigenvalue weighted by molar-refractivity contribution is -0.140. The molecule has 0 fully saturated rings. The number of nitrogens with two attached hydrogens (primary N) is 1. The predicted octanol–water partition coefficient (Wildman–Crippen LogP) is 3.28. The molecule has 182 valence electrons. The van der Waals surface area contributed by atoms with Crippen molar-refractivity contribution in [3.05, 3.63) is 78.5 Å². The summed E-state index contributed by atoms with van der Waals surface area (Å²) in [5, 5.41) is 16.5. The molecule has 0 spiro atoms. The Morgan fingerprint density at radius 2 is 1.97 bits per heavy atom. The fraction of sp³-hybridized carbons (Fsp3) is 0.192. The molecule has 5 rings (SSSR count). The zero-order valence-electron chi connectivity index (χ0n) is 19.8. The number of nitrogen functional groups attached to an aromatic ring is 1. The van der Waals surface area contributed by atoms with Crippen LogP contribution >= 0.6 is 0 Å². The third kappa shape index (κ3) is 4.41. The van der Waals surface area contributed by atoms with Crippen LogP contribution in [0.25, 0.3) is 33.4 Å². The van der Waals surface area contributed by atoms with Crippen LogP contribution in [0.2, 0.25) is 0 Å². The smallest absolute Gasteiger partial charge is 0.307 e. The summed E-state index contributed by atoms with van der Waals surface area (Å²) in [5.74, 6) is -0.231. The number of aryl methyl sites for hydroxylation is 1. The van der Waals surface area contributed by atoms with E-state index in [4.69, 9.17) is 10.5 Å². The van der Waals surface area contributed by atoms with Gasteiger partial charge >= 0.3 is 5.97 Å². The van der Waals surface area contributed by atoms with Gasteiger partial charge in [0.05, 0.1) is 37.7 Å². The summed E-state index contributed by atoms with van der Waals surface area (Å²) in [5.41, 5.74) is 9.52. The van der Waals surface area contributed by atoms with Crippen molar-refractivity contribution >= 4 is 23.0 Å². The van der Waals surface area contributed by atoms with Crippen LogP contribution in [0.5, 0.6) is 0 Å². The summed E-state index contributed by atoms with van der Waals surface area (Å²) < 4.78 is 6.38. The minimum Gasteiger partial charge on any atom is -0.469 e. The Kier molecular flexibility index (Phi) is 5.95. The first kappa shape index (κ1) is 23.2. The maximum Gasteiger partial charge on any atom is 0.307 e. The number of fused-ring (bicyclic) bond motifs is 1. The van der Waals surface area contributed by atoms with Crippen molar-refractivity contribution in [3.63, 3.8) is 0 Å². The Bertz CT molecular complexity index is 1540. The quantitative estimate of drug-likeness (QED) is 0.299. The van der Waals surface area contributed by atoms with Crippen molar-refractivity contribution < 1.29 is 14.6 Å². The Labute approximate surface area is 206 Å². The van der Waals surface area contributed by atoms with Gasteiger partial charge in [-0.1, -0.05) is 30.3 Å². The van der Waals surface area contributed by atoms with Gasteiger partial charge in [-0.3, -0.25) is 9.48 Å².